The molecule has 1 aliphatic carbocycles. The number of unbranched alkanes of at least 4 members (excludes halogenated alkanes) is 2. The predicted molar refractivity (Wildman–Crippen MR) is 113 cm³/mol. The molecule has 0 amide bonds. The van der Waals surface area contributed by atoms with Crippen LogP contribution in [0.1, 0.15) is 82.1 Å². The van der Waals surface area contributed by atoms with Gasteiger partial charge in [-0.2, -0.15) is 0 Å². The smallest absolute Gasteiger partial charge is 0.183 e. The average Bonchev–Trinajstić information content (AvgIpc) is 2.73. The first-order chi connectivity index (χ1) is 13.3. The third kappa shape index (κ3) is 6.19. The van der Waals surface area contributed by atoms with Crippen molar-refractivity contribution >= 4 is 0 Å². The zero-order chi connectivity index (χ0) is 18.9. The fourth-order valence-electron chi connectivity index (χ4n) is 4.80. The highest BCUT2D eigenvalue weighted by atomic mass is 16.7. The van der Waals surface area contributed by atoms with Gasteiger partial charge in [0.15, 0.2) is 6.29 Å². The molecular weight excluding hydrogens is 332 g/mol. The van der Waals surface area contributed by atoms with Gasteiger partial charge in [-0.15, -0.1) is 6.58 Å². The van der Waals surface area contributed by atoms with E-state index < -0.39 is 0 Å². The molecule has 2 fully saturated rings. The molecule has 2 nitrogen and oxygen atoms in total. The van der Waals surface area contributed by atoms with Crippen LogP contribution in [0.2, 0.25) is 0 Å². The first-order valence-corrected chi connectivity index (χ1v) is 11.2. The van der Waals surface area contributed by atoms with Crippen molar-refractivity contribution in [1.29, 1.82) is 0 Å². The van der Waals surface area contributed by atoms with Gasteiger partial charge in [0.05, 0.1) is 13.2 Å². The Morgan fingerprint density at radius 3 is 2.30 bits per heavy atom. The molecule has 1 aromatic rings. The van der Waals surface area contributed by atoms with Crippen molar-refractivity contribution in [3.8, 4) is 0 Å². The third-order valence-electron chi connectivity index (χ3n) is 6.55. The summed E-state index contributed by atoms with van der Waals surface area (Å²) in [6, 6.07) is 8.83. The summed E-state index contributed by atoms with van der Waals surface area (Å²) in [5, 5.41) is 0. The van der Waals surface area contributed by atoms with E-state index in [1.54, 1.807) is 0 Å². The highest BCUT2D eigenvalue weighted by Gasteiger charge is 2.32. The topological polar surface area (TPSA) is 18.5 Å². The fraction of sp³-hybridized carbons (Fsp3) is 0.680. The van der Waals surface area contributed by atoms with Crippen LogP contribution in [0.3, 0.4) is 0 Å². The molecule has 0 spiro atoms. The molecule has 1 saturated heterocycles. The van der Waals surface area contributed by atoms with Crippen LogP contribution in [0.4, 0.5) is 0 Å². The standard InChI is InChI=1S/C25H38O2/c1-3-5-6-7-9-21-12-16-23(17-13-21)25-26-18-24(19-27-25)22-14-10-20(8-4-2)11-15-22/h3,12-13,16-17,20,22,24-25H,1,4-11,14-15,18-19H2,2H3. The van der Waals surface area contributed by atoms with Crippen molar-refractivity contribution in [3.05, 3.63) is 48.0 Å². The highest BCUT2D eigenvalue weighted by Crippen LogP contribution is 2.38. The van der Waals surface area contributed by atoms with Gasteiger partial charge in [-0.25, -0.2) is 0 Å². The monoisotopic (exact) mass is 370 g/mol. The molecule has 0 atom stereocenters. The van der Waals surface area contributed by atoms with Crippen LogP contribution in [-0.4, -0.2) is 13.2 Å². The van der Waals surface area contributed by atoms with Gasteiger partial charge >= 0.3 is 0 Å². The lowest BCUT2D eigenvalue weighted by Crippen LogP contribution is -2.34. The van der Waals surface area contributed by atoms with Crippen molar-refractivity contribution in [3.63, 3.8) is 0 Å². The second-order valence-electron chi connectivity index (χ2n) is 8.60. The Kier molecular flexibility index (Phi) is 8.41. The second kappa shape index (κ2) is 11.0. The van der Waals surface area contributed by atoms with E-state index >= 15 is 0 Å². The lowest BCUT2D eigenvalue weighted by Gasteiger charge is -2.37. The zero-order valence-electron chi connectivity index (χ0n) is 17.2. The minimum absolute atomic E-state index is 0.174. The third-order valence-corrected chi connectivity index (χ3v) is 6.55. The average molecular weight is 371 g/mol. The molecule has 1 aliphatic heterocycles. The Morgan fingerprint density at radius 2 is 1.67 bits per heavy atom. The van der Waals surface area contributed by atoms with Crippen LogP contribution >= 0.6 is 0 Å². The maximum Gasteiger partial charge on any atom is 0.183 e. The molecule has 3 rings (SSSR count). The summed E-state index contributed by atoms with van der Waals surface area (Å²) in [6.45, 7) is 7.81. The van der Waals surface area contributed by atoms with Gasteiger partial charge in [0.1, 0.15) is 0 Å². The van der Waals surface area contributed by atoms with Gasteiger partial charge in [-0.05, 0) is 55.9 Å². The highest BCUT2D eigenvalue weighted by molar-refractivity contribution is 5.23. The van der Waals surface area contributed by atoms with E-state index in [1.165, 1.54) is 56.9 Å². The lowest BCUT2D eigenvalue weighted by atomic mass is 9.75. The minimum atomic E-state index is -0.174. The van der Waals surface area contributed by atoms with Crippen LogP contribution in [0.25, 0.3) is 0 Å². The fourth-order valence-corrected chi connectivity index (χ4v) is 4.80. The molecule has 2 heteroatoms. The van der Waals surface area contributed by atoms with Gasteiger partial charge < -0.3 is 9.47 Å². The number of ether oxygens (including phenoxy) is 2. The minimum Gasteiger partial charge on any atom is -0.348 e. The van der Waals surface area contributed by atoms with Crippen LogP contribution in [-0.2, 0) is 15.9 Å². The van der Waals surface area contributed by atoms with Crippen LogP contribution in [0.5, 0.6) is 0 Å². The number of rotatable bonds is 9. The SMILES string of the molecule is C=CCCCCc1ccc(C2OCC(C3CCC(CCC)CC3)CO2)cc1. The Balaban J connectivity index is 1.40. The molecule has 1 saturated carbocycles. The molecule has 0 aromatic heterocycles. The Morgan fingerprint density at radius 1 is 0.963 bits per heavy atom. The van der Waals surface area contributed by atoms with Crippen molar-refractivity contribution in [2.45, 2.75) is 77.4 Å². The van der Waals surface area contributed by atoms with Crippen LogP contribution < -0.4 is 0 Å². The van der Waals surface area contributed by atoms with E-state index in [0.29, 0.717) is 5.92 Å². The quantitative estimate of drug-likeness (QED) is 0.349. The number of aryl methyl sites for hydroxylation is 1. The van der Waals surface area contributed by atoms with Crippen molar-refractivity contribution in [1.82, 2.24) is 0 Å². The van der Waals surface area contributed by atoms with Crippen LogP contribution in [0, 0.1) is 17.8 Å². The van der Waals surface area contributed by atoms with Gasteiger partial charge in [0.25, 0.3) is 0 Å². The molecule has 0 N–H and O–H groups in total. The number of hydrogen-bond acceptors (Lipinski definition) is 2. The maximum atomic E-state index is 6.12. The number of benzene rings is 1. The van der Waals surface area contributed by atoms with Gasteiger partial charge in [0.2, 0.25) is 0 Å². The molecule has 27 heavy (non-hydrogen) atoms. The molecule has 0 unspecified atom stereocenters. The summed E-state index contributed by atoms with van der Waals surface area (Å²) in [5.41, 5.74) is 2.57. The van der Waals surface area contributed by atoms with Gasteiger partial charge in [-0.3, -0.25) is 0 Å². The Labute approximate surface area is 166 Å². The molecule has 1 aromatic carbocycles. The number of allylic oxidation sites excluding steroid dienone is 1. The summed E-state index contributed by atoms with van der Waals surface area (Å²) in [6.07, 6.45) is 14.8. The second-order valence-corrected chi connectivity index (χ2v) is 8.60. The Hall–Kier alpha value is -1.12. The van der Waals surface area contributed by atoms with E-state index in [0.717, 1.165) is 43.5 Å². The van der Waals surface area contributed by atoms with E-state index in [-0.39, 0.29) is 6.29 Å². The summed E-state index contributed by atoms with van der Waals surface area (Å²) < 4.78 is 12.2. The van der Waals surface area contributed by atoms with E-state index in [1.807, 2.05) is 6.08 Å². The van der Waals surface area contributed by atoms with E-state index in [4.69, 9.17) is 9.47 Å². The lowest BCUT2D eigenvalue weighted by molar-refractivity contribution is -0.214. The zero-order valence-corrected chi connectivity index (χ0v) is 17.2. The van der Waals surface area contributed by atoms with Crippen molar-refractivity contribution < 1.29 is 9.47 Å². The van der Waals surface area contributed by atoms with Crippen LogP contribution in [0.15, 0.2) is 36.9 Å². The maximum absolute atomic E-state index is 6.12. The molecule has 0 radical (unpaired) electrons. The first-order valence-electron chi connectivity index (χ1n) is 11.2. The first kappa shape index (κ1) is 20.6. The Bertz CT molecular complexity index is 534. The summed E-state index contributed by atoms with van der Waals surface area (Å²) in [5.74, 6) is 2.37. The van der Waals surface area contributed by atoms with Gasteiger partial charge in [0, 0.05) is 11.5 Å². The molecule has 2 aliphatic rings. The summed E-state index contributed by atoms with van der Waals surface area (Å²) in [7, 11) is 0. The molecule has 0 bridgehead atoms. The normalized spacial score (nSPS) is 28.8. The summed E-state index contributed by atoms with van der Waals surface area (Å²) >= 11 is 0. The molecule has 150 valence electrons. The van der Waals surface area contributed by atoms with E-state index in [9.17, 15) is 0 Å². The van der Waals surface area contributed by atoms with Crippen molar-refractivity contribution in [2.75, 3.05) is 13.2 Å². The number of hydrogen-bond donors (Lipinski definition) is 0. The van der Waals surface area contributed by atoms with Gasteiger partial charge in [-0.1, -0.05) is 62.9 Å². The van der Waals surface area contributed by atoms with E-state index in [2.05, 4.69) is 37.8 Å². The largest absolute Gasteiger partial charge is 0.348 e. The molecule has 1 heterocycles. The predicted octanol–water partition coefficient (Wildman–Crippen LogP) is 6.85. The van der Waals surface area contributed by atoms with Crippen molar-refractivity contribution in [2.24, 2.45) is 17.8 Å². The molecular formula is C25H38O2. The summed E-state index contributed by atoms with van der Waals surface area (Å²) in [4.78, 5) is 0.